The minimum absolute atomic E-state index is 0.330. The quantitative estimate of drug-likeness (QED) is 0.633. The Hall–Kier alpha value is -0.170. The van der Waals surface area contributed by atoms with Crippen LogP contribution in [0, 0.1) is 0 Å². The predicted octanol–water partition coefficient (Wildman–Crippen LogP) is -0.866. The van der Waals surface area contributed by atoms with E-state index in [0.29, 0.717) is 6.54 Å². The van der Waals surface area contributed by atoms with Gasteiger partial charge in [0.15, 0.2) is 0 Å². The highest BCUT2D eigenvalue weighted by Crippen LogP contribution is 2.14. The van der Waals surface area contributed by atoms with Crippen molar-refractivity contribution >= 4 is 10.2 Å². The third kappa shape index (κ3) is 2.63. The largest absolute Gasteiger partial charge is 0.315 e. The van der Waals surface area contributed by atoms with Crippen molar-refractivity contribution in [2.75, 3.05) is 27.2 Å². The predicted molar refractivity (Wildman–Crippen MR) is 51.6 cm³/mol. The molecule has 1 saturated heterocycles. The van der Waals surface area contributed by atoms with Crippen LogP contribution < -0.4 is 10.0 Å². The molecule has 1 aliphatic rings. The summed E-state index contributed by atoms with van der Waals surface area (Å²) in [6, 6.07) is 0. The Morgan fingerprint density at radius 3 is 2.46 bits per heavy atom. The van der Waals surface area contributed by atoms with Gasteiger partial charge in [-0.25, -0.2) is 0 Å². The molecule has 2 N–H and O–H groups in total. The van der Waals surface area contributed by atoms with Crippen LogP contribution in [-0.4, -0.2) is 45.4 Å². The molecule has 1 atom stereocenters. The minimum atomic E-state index is -3.30. The Bertz CT molecular complexity index is 267. The average Bonchev–Trinajstić information content (AvgIpc) is 2.34. The molecule has 1 unspecified atom stereocenters. The molecular formula is C7H17N3O2S. The number of hydrogen-bond acceptors (Lipinski definition) is 3. The zero-order valence-electron chi connectivity index (χ0n) is 8.29. The van der Waals surface area contributed by atoms with Crippen LogP contribution in [0.3, 0.4) is 0 Å². The van der Waals surface area contributed by atoms with Crippen molar-refractivity contribution in [3.05, 3.63) is 0 Å². The second-order valence-corrected chi connectivity index (χ2v) is 5.76. The summed E-state index contributed by atoms with van der Waals surface area (Å²) < 4.78 is 26.8. The Morgan fingerprint density at radius 1 is 1.46 bits per heavy atom. The molecular weight excluding hydrogens is 190 g/mol. The van der Waals surface area contributed by atoms with Gasteiger partial charge in [0.1, 0.15) is 0 Å². The number of hydrogen-bond donors (Lipinski definition) is 2. The Labute approximate surface area is 79.7 Å². The lowest BCUT2D eigenvalue weighted by Crippen LogP contribution is -2.51. The van der Waals surface area contributed by atoms with Gasteiger partial charge in [-0.15, -0.1) is 0 Å². The summed E-state index contributed by atoms with van der Waals surface area (Å²) in [6.07, 6.45) is 0.833. The van der Waals surface area contributed by atoms with Crippen molar-refractivity contribution in [3.8, 4) is 0 Å². The standard InChI is InChI=1S/C7H17N3O2S/c1-7(4-5-8-6-7)9-13(11,12)10(2)3/h8-9H,4-6H2,1-3H3. The molecule has 1 fully saturated rings. The van der Waals surface area contributed by atoms with E-state index >= 15 is 0 Å². The van der Waals surface area contributed by atoms with Gasteiger partial charge in [-0.2, -0.15) is 17.4 Å². The lowest BCUT2D eigenvalue weighted by Gasteiger charge is -2.26. The van der Waals surface area contributed by atoms with Crippen LogP contribution in [0.5, 0.6) is 0 Å². The van der Waals surface area contributed by atoms with E-state index in [9.17, 15) is 8.42 Å². The van der Waals surface area contributed by atoms with Gasteiger partial charge in [0.2, 0.25) is 0 Å². The molecule has 0 saturated carbocycles. The lowest BCUT2D eigenvalue weighted by molar-refractivity contribution is 0.424. The smallest absolute Gasteiger partial charge is 0.279 e. The monoisotopic (exact) mass is 207 g/mol. The fourth-order valence-corrected chi connectivity index (χ4v) is 2.29. The number of nitrogens with zero attached hydrogens (tertiary/aromatic N) is 1. The summed E-state index contributed by atoms with van der Waals surface area (Å²) in [5.74, 6) is 0. The second kappa shape index (κ2) is 3.53. The zero-order valence-corrected chi connectivity index (χ0v) is 9.11. The van der Waals surface area contributed by atoms with Gasteiger partial charge < -0.3 is 5.32 Å². The van der Waals surface area contributed by atoms with E-state index in [2.05, 4.69) is 10.0 Å². The van der Waals surface area contributed by atoms with Crippen LogP contribution in [0.2, 0.25) is 0 Å². The molecule has 0 aromatic carbocycles. The van der Waals surface area contributed by atoms with Crippen molar-refractivity contribution in [1.29, 1.82) is 0 Å². The van der Waals surface area contributed by atoms with Crippen LogP contribution >= 0.6 is 0 Å². The SMILES string of the molecule is CN(C)S(=O)(=O)NC1(C)CCNC1. The van der Waals surface area contributed by atoms with E-state index in [1.165, 1.54) is 18.4 Å². The highest BCUT2D eigenvalue weighted by Gasteiger charge is 2.33. The molecule has 5 nitrogen and oxygen atoms in total. The van der Waals surface area contributed by atoms with Gasteiger partial charge in [-0.05, 0) is 19.9 Å². The summed E-state index contributed by atoms with van der Waals surface area (Å²) in [5, 5.41) is 3.13. The first kappa shape index (κ1) is 10.9. The first-order valence-electron chi connectivity index (χ1n) is 4.28. The molecule has 6 heteroatoms. The lowest BCUT2D eigenvalue weighted by atomic mass is 10.0. The fraction of sp³-hybridized carbons (Fsp3) is 1.00. The Balaban J connectivity index is 2.67. The molecule has 13 heavy (non-hydrogen) atoms. The fourth-order valence-electron chi connectivity index (χ4n) is 1.31. The highest BCUT2D eigenvalue weighted by atomic mass is 32.2. The van der Waals surface area contributed by atoms with Crippen molar-refractivity contribution in [1.82, 2.24) is 14.3 Å². The first-order chi connectivity index (χ1) is 5.86. The van der Waals surface area contributed by atoms with Gasteiger partial charge in [0.05, 0.1) is 0 Å². The Kier molecular flexibility index (Phi) is 2.96. The summed E-state index contributed by atoms with van der Waals surface area (Å²) in [7, 11) is -0.253. The average molecular weight is 207 g/mol. The number of nitrogens with one attached hydrogen (secondary N) is 2. The number of rotatable bonds is 3. The maximum atomic E-state index is 11.5. The third-order valence-electron chi connectivity index (χ3n) is 2.22. The molecule has 0 radical (unpaired) electrons. The van der Waals surface area contributed by atoms with Gasteiger partial charge in [0, 0.05) is 26.2 Å². The van der Waals surface area contributed by atoms with Gasteiger partial charge in [-0.1, -0.05) is 0 Å². The van der Waals surface area contributed by atoms with Crippen LogP contribution in [0.25, 0.3) is 0 Å². The molecule has 0 aromatic rings. The molecule has 0 spiro atoms. The normalized spacial score (nSPS) is 29.8. The zero-order chi connectivity index (χ0) is 10.1. The summed E-state index contributed by atoms with van der Waals surface area (Å²) in [4.78, 5) is 0. The van der Waals surface area contributed by atoms with Crippen LogP contribution in [0.4, 0.5) is 0 Å². The van der Waals surface area contributed by atoms with Crippen molar-refractivity contribution in [3.63, 3.8) is 0 Å². The van der Waals surface area contributed by atoms with Gasteiger partial charge >= 0.3 is 0 Å². The van der Waals surface area contributed by atoms with Crippen LogP contribution in [-0.2, 0) is 10.2 Å². The van der Waals surface area contributed by atoms with Crippen LogP contribution in [0.15, 0.2) is 0 Å². The van der Waals surface area contributed by atoms with Crippen molar-refractivity contribution in [2.24, 2.45) is 0 Å². The molecule has 0 bridgehead atoms. The summed E-state index contributed by atoms with van der Waals surface area (Å²) in [5.41, 5.74) is -0.330. The van der Waals surface area contributed by atoms with Crippen molar-refractivity contribution in [2.45, 2.75) is 18.9 Å². The second-order valence-electron chi connectivity index (χ2n) is 3.88. The maximum absolute atomic E-state index is 11.5. The third-order valence-corrected chi connectivity index (χ3v) is 3.94. The molecule has 0 aliphatic carbocycles. The molecule has 0 amide bonds. The first-order valence-corrected chi connectivity index (χ1v) is 5.72. The topological polar surface area (TPSA) is 61.4 Å². The molecule has 1 heterocycles. The van der Waals surface area contributed by atoms with E-state index < -0.39 is 10.2 Å². The van der Waals surface area contributed by atoms with Crippen molar-refractivity contribution < 1.29 is 8.42 Å². The molecule has 0 aromatic heterocycles. The molecule has 1 aliphatic heterocycles. The summed E-state index contributed by atoms with van der Waals surface area (Å²) in [6.45, 7) is 3.47. The maximum Gasteiger partial charge on any atom is 0.279 e. The van der Waals surface area contributed by atoms with Gasteiger partial charge in [-0.3, -0.25) is 0 Å². The van der Waals surface area contributed by atoms with Gasteiger partial charge in [0.25, 0.3) is 10.2 Å². The van der Waals surface area contributed by atoms with E-state index in [0.717, 1.165) is 13.0 Å². The van der Waals surface area contributed by atoms with E-state index in [4.69, 9.17) is 0 Å². The molecule has 1 rings (SSSR count). The Morgan fingerprint density at radius 2 is 2.08 bits per heavy atom. The van der Waals surface area contributed by atoms with E-state index in [1.54, 1.807) is 0 Å². The highest BCUT2D eigenvalue weighted by molar-refractivity contribution is 7.87. The minimum Gasteiger partial charge on any atom is -0.315 e. The molecule has 78 valence electrons. The van der Waals surface area contributed by atoms with E-state index in [1.807, 2.05) is 6.92 Å². The summed E-state index contributed by atoms with van der Waals surface area (Å²) >= 11 is 0. The van der Waals surface area contributed by atoms with Crippen LogP contribution in [0.1, 0.15) is 13.3 Å². The van der Waals surface area contributed by atoms with E-state index in [-0.39, 0.29) is 5.54 Å².